The third-order valence-electron chi connectivity index (χ3n) is 4.82. The maximum Gasteiger partial charge on any atom is 0.246 e. The Morgan fingerprint density at radius 3 is 2.77 bits per heavy atom. The minimum Gasteiger partial charge on any atom is -0.356 e. The lowest BCUT2D eigenvalue weighted by molar-refractivity contribution is -0.116. The van der Waals surface area contributed by atoms with Crippen LogP contribution in [0.1, 0.15) is 23.8 Å². The molecule has 0 radical (unpaired) electrons. The van der Waals surface area contributed by atoms with Gasteiger partial charge >= 0.3 is 0 Å². The van der Waals surface area contributed by atoms with Gasteiger partial charge in [-0.15, -0.1) is 24.0 Å². The number of para-hydroxylation sites is 1. The molecule has 0 aliphatic carbocycles. The lowest BCUT2D eigenvalue weighted by Crippen LogP contribution is -2.40. The molecule has 1 atom stereocenters. The minimum absolute atomic E-state index is 0. The van der Waals surface area contributed by atoms with Crippen molar-refractivity contribution < 1.29 is 9.32 Å². The van der Waals surface area contributed by atoms with Crippen LogP contribution in [0.15, 0.2) is 58.0 Å². The van der Waals surface area contributed by atoms with E-state index in [4.69, 9.17) is 16.1 Å². The van der Waals surface area contributed by atoms with Crippen molar-refractivity contribution in [3.63, 3.8) is 0 Å². The van der Waals surface area contributed by atoms with E-state index in [0.717, 1.165) is 16.8 Å². The zero-order valence-electron chi connectivity index (χ0n) is 16.8. The van der Waals surface area contributed by atoms with Crippen molar-refractivity contribution >= 4 is 53.1 Å². The molecule has 10 heteroatoms. The average Bonchev–Trinajstić information content (AvgIpc) is 3.23. The van der Waals surface area contributed by atoms with Crippen molar-refractivity contribution in [3.8, 4) is 11.4 Å². The molecule has 2 heterocycles. The SMILES string of the molecule is CN=C(NCc1nc(-c2ccc(Cl)cc2)no1)NCC1CC(=O)Nc2ccccc21.I. The van der Waals surface area contributed by atoms with Crippen LogP contribution in [0.2, 0.25) is 5.02 Å². The highest BCUT2D eigenvalue weighted by Crippen LogP contribution is 2.31. The normalized spacial score (nSPS) is 15.5. The first kappa shape index (κ1) is 23.0. The number of carbonyl (C=O) groups is 1. The molecule has 0 bridgehead atoms. The molecule has 1 aliphatic heterocycles. The van der Waals surface area contributed by atoms with E-state index in [-0.39, 0.29) is 35.8 Å². The molecule has 3 aromatic rings. The fourth-order valence-corrected chi connectivity index (χ4v) is 3.45. The van der Waals surface area contributed by atoms with Crippen LogP contribution in [0.3, 0.4) is 0 Å². The van der Waals surface area contributed by atoms with Crippen molar-refractivity contribution in [3.05, 3.63) is 65.0 Å². The number of amides is 1. The molecular formula is C21H22ClIN6O2. The van der Waals surface area contributed by atoms with Crippen LogP contribution in [-0.2, 0) is 11.3 Å². The van der Waals surface area contributed by atoms with Gasteiger partial charge in [0.15, 0.2) is 5.96 Å². The molecule has 4 rings (SSSR count). The Balaban J connectivity index is 0.00000272. The van der Waals surface area contributed by atoms with Gasteiger partial charge in [0, 0.05) is 42.2 Å². The summed E-state index contributed by atoms with van der Waals surface area (Å²) in [7, 11) is 1.68. The number of aromatic nitrogens is 2. The molecule has 0 fully saturated rings. The number of hydrogen-bond acceptors (Lipinski definition) is 5. The molecule has 1 aromatic heterocycles. The van der Waals surface area contributed by atoms with Crippen LogP contribution >= 0.6 is 35.6 Å². The Morgan fingerprint density at radius 1 is 1.23 bits per heavy atom. The molecule has 8 nitrogen and oxygen atoms in total. The van der Waals surface area contributed by atoms with E-state index in [1.165, 1.54) is 0 Å². The Labute approximate surface area is 201 Å². The van der Waals surface area contributed by atoms with Gasteiger partial charge in [-0.3, -0.25) is 9.79 Å². The Hall–Kier alpha value is -2.66. The number of guanidine groups is 1. The van der Waals surface area contributed by atoms with E-state index in [1.54, 1.807) is 19.2 Å². The molecule has 162 valence electrons. The maximum atomic E-state index is 12.0. The highest BCUT2D eigenvalue weighted by atomic mass is 127. The number of hydrogen-bond donors (Lipinski definition) is 3. The standard InChI is InChI=1S/C21H21ClN6O2.HI/c1-23-21(24-11-14-10-18(29)26-17-5-3-2-4-16(14)17)25-12-19-27-20(28-30-19)13-6-8-15(22)9-7-13;/h2-9,14H,10-12H2,1H3,(H,26,29)(H2,23,24,25);1H. The van der Waals surface area contributed by atoms with Crippen molar-refractivity contribution in [1.82, 2.24) is 20.8 Å². The first-order chi connectivity index (χ1) is 14.6. The third kappa shape index (κ3) is 5.73. The predicted octanol–water partition coefficient (Wildman–Crippen LogP) is 3.80. The lowest BCUT2D eigenvalue weighted by Gasteiger charge is -2.26. The van der Waals surface area contributed by atoms with Gasteiger partial charge in [0.2, 0.25) is 17.6 Å². The number of halogens is 2. The summed E-state index contributed by atoms with van der Waals surface area (Å²) in [4.78, 5) is 20.6. The van der Waals surface area contributed by atoms with E-state index >= 15 is 0 Å². The fourth-order valence-electron chi connectivity index (χ4n) is 3.33. The monoisotopic (exact) mass is 552 g/mol. The summed E-state index contributed by atoms with van der Waals surface area (Å²) < 4.78 is 5.31. The largest absolute Gasteiger partial charge is 0.356 e. The van der Waals surface area contributed by atoms with Gasteiger partial charge in [0.25, 0.3) is 0 Å². The summed E-state index contributed by atoms with van der Waals surface area (Å²) in [5, 5.41) is 14.0. The molecule has 0 saturated carbocycles. The van der Waals surface area contributed by atoms with E-state index in [9.17, 15) is 4.79 Å². The fraction of sp³-hybridized carbons (Fsp3) is 0.238. The van der Waals surface area contributed by atoms with Crippen LogP contribution in [0.25, 0.3) is 11.4 Å². The third-order valence-corrected chi connectivity index (χ3v) is 5.08. The van der Waals surface area contributed by atoms with E-state index in [0.29, 0.717) is 42.2 Å². The second-order valence-corrected chi connectivity index (χ2v) is 7.30. The van der Waals surface area contributed by atoms with Gasteiger partial charge in [0.05, 0.1) is 6.54 Å². The molecule has 1 amide bonds. The summed E-state index contributed by atoms with van der Waals surface area (Å²) in [6, 6.07) is 15.1. The van der Waals surface area contributed by atoms with E-state index in [2.05, 4.69) is 31.1 Å². The van der Waals surface area contributed by atoms with Crippen LogP contribution in [0.5, 0.6) is 0 Å². The number of rotatable bonds is 5. The number of benzene rings is 2. The Morgan fingerprint density at radius 2 is 2.00 bits per heavy atom. The number of aliphatic imine (C=N–C) groups is 1. The molecule has 0 spiro atoms. The highest BCUT2D eigenvalue weighted by molar-refractivity contribution is 14.0. The van der Waals surface area contributed by atoms with Gasteiger partial charge in [0.1, 0.15) is 0 Å². The molecule has 1 aliphatic rings. The predicted molar refractivity (Wildman–Crippen MR) is 131 cm³/mol. The van der Waals surface area contributed by atoms with Gasteiger partial charge in [-0.25, -0.2) is 0 Å². The zero-order chi connectivity index (χ0) is 20.9. The van der Waals surface area contributed by atoms with E-state index in [1.807, 2.05) is 36.4 Å². The molecule has 1 unspecified atom stereocenters. The van der Waals surface area contributed by atoms with Gasteiger partial charge in [-0.2, -0.15) is 4.98 Å². The summed E-state index contributed by atoms with van der Waals surface area (Å²) in [6.45, 7) is 0.895. The Bertz CT molecular complexity index is 1070. The lowest BCUT2D eigenvalue weighted by atomic mass is 9.90. The summed E-state index contributed by atoms with van der Waals surface area (Å²) in [6.07, 6.45) is 0.426. The summed E-state index contributed by atoms with van der Waals surface area (Å²) in [5.41, 5.74) is 2.81. The molecular weight excluding hydrogens is 531 g/mol. The number of anilines is 1. The van der Waals surface area contributed by atoms with Crippen LogP contribution in [0.4, 0.5) is 5.69 Å². The molecule has 31 heavy (non-hydrogen) atoms. The van der Waals surface area contributed by atoms with Crippen LogP contribution in [-0.4, -0.2) is 35.6 Å². The van der Waals surface area contributed by atoms with Gasteiger partial charge in [-0.1, -0.05) is 35.0 Å². The molecule has 3 N–H and O–H groups in total. The smallest absolute Gasteiger partial charge is 0.246 e. The second kappa shape index (κ2) is 10.6. The minimum atomic E-state index is 0. The molecule has 0 saturated heterocycles. The quantitative estimate of drug-likeness (QED) is 0.253. The first-order valence-electron chi connectivity index (χ1n) is 9.54. The molecule has 2 aromatic carbocycles. The summed E-state index contributed by atoms with van der Waals surface area (Å²) in [5.74, 6) is 1.60. The highest BCUT2D eigenvalue weighted by Gasteiger charge is 2.24. The topological polar surface area (TPSA) is 104 Å². The average molecular weight is 553 g/mol. The number of nitrogens with zero attached hydrogens (tertiary/aromatic N) is 3. The van der Waals surface area contributed by atoms with E-state index < -0.39 is 0 Å². The van der Waals surface area contributed by atoms with Crippen molar-refractivity contribution in [1.29, 1.82) is 0 Å². The number of carbonyl (C=O) groups excluding carboxylic acids is 1. The van der Waals surface area contributed by atoms with Crippen LogP contribution in [0, 0.1) is 0 Å². The first-order valence-corrected chi connectivity index (χ1v) is 9.92. The van der Waals surface area contributed by atoms with Gasteiger partial charge in [-0.05, 0) is 35.9 Å². The maximum absolute atomic E-state index is 12.0. The second-order valence-electron chi connectivity index (χ2n) is 6.86. The Kier molecular flexibility index (Phi) is 7.85. The summed E-state index contributed by atoms with van der Waals surface area (Å²) >= 11 is 5.91. The van der Waals surface area contributed by atoms with Crippen molar-refractivity contribution in [2.75, 3.05) is 18.9 Å². The van der Waals surface area contributed by atoms with Crippen LogP contribution < -0.4 is 16.0 Å². The van der Waals surface area contributed by atoms with Gasteiger partial charge < -0.3 is 20.5 Å². The zero-order valence-corrected chi connectivity index (χ0v) is 19.8. The number of fused-ring (bicyclic) bond motifs is 1. The van der Waals surface area contributed by atoms with Crippen molar-refractivity contribution in [2.45, 2.75) is 18.9 Å². The number of nitrogens with one attached hydrogen (secondary N) is 3. The van der Waals surface area contributed by atoms with Crippen molar-refractivity contribution in [2.24, 2.45) is 4.99 Å².